The second-order valence-corrected chi connectivity index (χ2v) is 2.88. The minimum Gasteiger partial charge on any atom is -0.479 e. The van der Waals surface area contributed by atoms with E-state index in [1.807, 2.05) is 0 Å². The molecule has 94 valence electrons. The minimum atomic E-state index is -5.60. The van der Waals surface area contributed by atoms with E-state index in [4.69, 9.17) is 5.11 Å². The molecule has 0 spiro atoms. The summed E-state index contributed by atoms with van der Waals surface area (Å²) >= 11 is 0. The Labute approximate surface area is 84.2 Å². The number of alkyl halides is 6. The van der Waals surface area contributed by atoms with Crippen LogP contribution in [0.15, 0.2) is 0 Å². The Morgan fingerprint density at radius 2 is 1.44 bits per heavy atom. The summed E-state index contributed by atoms with van der Waals surface area (Å²) < 4.78 is 71.4. The van der Waals surface area contributed by atoms with Gasteiger partial charge >= 0.3 is 24.2 Å². The van der Waals surface area contributed by atoms with Crippen LogP contribution in [0.1, 0.15) is 6.92 Å². The van der Waals surface area contributed by atoms with Crippen molar-refractivity contribution in [2.75, 3.05) is 0 Å². The molecule has 0 aromatic rings. The third kappa shape index (κ3) is 2.76. The van der Waals surface area contributed by atoms with E-state index < -0.39 is 29.8 Å². The van der Waals surface area contributed by atoms with E-state index in [9.17, 15) is 35.9 Å². The second-order valence-electron chi connectivity index (χ2n) is 2.88. The molecular formula is C6H5F6NO3. The van der Waals surface area contributed by atoms with Crippen LogP contribution in [0.3, 0.4) is 0 Å². The van der Waals surface area contributed by atoms with Gasteiger partial charge in [0.2, 0.25) is 5.54 Å². The predicted octanol–water partition coefficient (Wildman–Crippen LogP) is 1.07. The summed E-state index contributed by atoms with van der Waals surface area (Å²) in [6.45, 7) is -0.0844. The maximum absolute atomic E-state index is 12.1. The first kappa shape index (κ1) is 14.5. The van der Waals surface area contributed by atoms with Crippen molar-refractivity contribution in [3.63, 3.8) is 0 Å². The molecule has 1 amide bonds. The molecule has 1 atom stereocenters. The van der Waals surface area contributed by atoms with Crippen molar-refractivity contribution in [3.8, 4) is 0 Å². The van der Waals surface area contributed by atoms with Gasteiger partial charge in [-0.25, -0.2) is 4.79 Å². The molecule has 0 saturated heterocycles. The summed E-state index contributed by atoms with van der Waals surface area (Å²) in [6, 6.07) is 0. The lowest BCUT2D eigenvalue weighted by atomic mass is 10.0. The molecule has 16 heavy (non-hydrogen) atoms. The highest BCUT2D eigenvalue weighted by atomic mass is 19.4. The Morgan fingerprint density at radius 3 is 1.62 bits per heavy atom. The molecular weight excluding hydrogens is 248 g/mol. The van der Waals surface area contributed by atoms with Crippen LogP contribution >= 0.6 is 0 Å². The quantitative estimate of drug-likeness (QED) is 0.723. The predicted molar refractivity (Wildman–Crippen MR) is 36.3 cm³/mol. The molecule has 0 bridgehead atoms. The third-order valence-corrected chi connectivity index (χ3v) is 1.62. The van der Waals surface area contributed by atoms with Crippen molar-refractivity contribution in [2.24, 2.45) is 0 Å². The number of hydrogen-bond acceptors (Lipinski definition) is 2. The maximum Gasteiger partial charge on any atom is 0.471 e. The number of aliphatic carboxylic acids is 1. The summed E-state index contributed by atoms with van der Waals surface area (Å²) in [6.07, 6.45) is -11.2. The normalized spacial score (nSPS) is 16.4. The van der Waals surface area contributed by atoms with E-state index in [0.717, 1.165) is 0 Å². The van der Waals surface area contributed by atoms with Gasteiger partial charge in [0, 0.05) is 0 Å². The second kappa shape index (κ2) is 3.83. The van der Waals surface area contributed by atoms with Crippen LogP contribution in [-0.4, -0.2) is 34.9 Å². The van der Waals surface area contributed by atoms with Crippen LogP contribution in [0.4, 0.5) is 26.3 Å². The number of carboxylic acid groups (broad SMARTS) is 1. The van der Waals surface area contributed by atoms with Gasteiger partial charge in [-0.1, -0.05) is 0 Å². The van der Waals surface area contributed by atoms with E-state index >= 15 is 0 Å². The highest BCUT2D eigenvalue weighted by Gasteiger charge is 2.60. The van der Waals surface area contributed by atoms with Crippen molar-refractivity contribution in [1.29, 1.82) is 0 Å². The van der Waals surface area contributed by atoms with Crippen LogP contribution in [0.5, 0.6) is 0 Å². The van der Waals surface area contributed by atoms with Crippen LogP contribution in [0.25, 0.3) is 0 Å². The zero-order valence-electron chi connectivity index (χ0n) is 7.53. The zero-order valence-corrected chi connectivity index (χ0v) is 7.53. The van der Waals surface area contributed by atoms with Gasteiger partial charge in [-0.05, 0) is 6.92 Å². The minimum absolute atomic E-state index is 0.0844. The van der Waals surface area contributed by atoms with Crippen LogP contribution in [0, 0.1) is 0 Å². The van der Waals surface area contributed by atoms with Crippen molar-refractivity contribution in [1.82, 2.24) is 5.32 Å². The monoisotopic (exact) mass is 253 g/mol. The summed E-state index contributed by atoms with van der Waals surface area (Å²) in [5.41, 5.74) is -3.99. The number of carboxylic acids is 1. The standard InChI is InChI=1S/C6H5F6NO3/c1-4(3(15)16,6(10,11)12)13-2(14)5(7,8)9/h1H3,(H,13,14)(H,15,16)/t4-/m1/s1. The molecule has 0 rings (SSSR count). The van der Waals surface area contributed by atoms with Crippen molar-refractivity contribution in [3.05, 3.63) is 0 Å². The molecule has 2 N–H and O–H groups in total. The Morgan fingerprint density at radius 1 is 1.06 bits per heavy atom. The molecule has 0 aromatic heterocycles. The number of amides is 1. The fraction of sp³-hybridized carbons (Fsp3) is 0.667. The lowest BCUT2D eigenvalue weighted by Gasteiger charge is -2.28. The van der Waals surface area contributed by atoms with E-state index in [-0.39, 0.29) is 6.92 Å². The lowest BCUT2D eigenvalue weighted by molar-refractivity contribution is -0.214. The highest BCUT2D eigenvalue weighted by molar-refractivity contribution is 5.90. The van der Waals surface area contributed by atoms with Gasteiger partial charge in [-0.2, -0.15) is 26.3 Å². The summed E-state index contributed by atoms with van der Waals surface area (Å²) in [4.78, 5) is 20.5. The van der Waals surface area contributed by atoms with E-state index in [2.05, 4.69) is 0 Å². The molecule has 0 radical (unpaired) electrons. The molecule has 10 heteroatoms. The van der Waals surface area contributed by atoms with Crippen molar-refractivity contribution >= 4 is 11.9 Å². The smallest absolute Gasteiger partial charge is 0.471 e. The van der Waals surface area contributed by atoms with Crippen LogP contribution in [0.2, 0.25) is 0 Å². The molecule has 0 saturated carbocycles. The molecule has 0 aliphatic carbocycles. The number of hydrogen-bond donors (Lipinski definition) is 2. The SMILES string of the molecule is C[C@@](NC(=O)C(F)(F)F)(C(=O)O)C(F)(F)F. The van der Waals surface area contributed by atoms with Crippen LogP contribution in [-0.2, 0) is 9.59 Å². The van der Waals surface area contributed by atoms with Gasteiger partial charge in [0.1, 0.15) is 0 Å². The van der Waals surface area contributed by atoms with Gasteiger partial charge in [-0.3, -0.25) is 4.79 Å². The Hall–Kier alpha value is -1.48. The number of carbonyl (C=O) groups excluding carboxylic acids is 1. The average Bonchev–Trinajstić information content (AvgIpc) is 1.99. The topological polar surface area (TPSA) is 66.4 Å². The van der Waals surface area contributed by atoms with Gasteiger partial charge < -0.3 is 10.4 Å². The molecule has 0 aliphatic rings. The van der Waals surface area contributed by atoms with Crippen LogP contribution < -0.4 is 5.32 Å². The van der Waals surface area contributed by atoms with Crippen molar-refractivity contribution < 1.29 is 41.0 Å². The third-order valence-electron chi connectivity index (χ3n) is 1.62. The van der Waals surface area contributed by atoms with Gasteiger partial charge in [0.05, 0.1) is 0 Å². The summed E-state index contributed by atoms with van der Waals surface area (Å²) in [5, 5.41) is 8.56. The lowest BCUT2D eigenvalue weighted by Crippen LogP contribution is -2.63. The van der Waals surface area contributed by atoms with Crippen molar-refractivity contribution in [2.45, 2.75) is 24.8 Å². The van der Waals surface area contributed by atoms with Gasteiger partial charge in [0.15, 0.2) is 0 Å². The number of rotatable bonds is 2. The fourth-order valence-corrected chi connectivity index (χ4v) is 0.544. The molecule has 0 aromatic carbocycles. The van der Waals surface area contributed by atoms with E-state index in [1.165, 1.54) is 0 Å². The van der Waals surface area contributed by atoms with Gasteiger partial charge in [-0.15, -0.1) is 0 Å². The Bertz CT molecular complexity index is 308. The molecule has 0 fully saturated rings. The Kier molecular flexibility index (Phi) is 3.48. The molecule has 0 aliphatic heterocycles. The number of nitrogens with one attached hydrogen (secondary N) is 1. The maximum atomic E-state index is 12.1. The van der Waals surface area contributed by atoms with E-state index in [1.54, 1.807) is 0 Å². The largest absolute Gasteiger partial charge is 0.479 e. The molecule has 0 unspecified atom stereocenters. The first-order chi connectivity index (χ1) is 6.82. The molecule has 0 heterocycles. The first-order valence-corrected chi connectivity index (χ1v) is 3.52. The van der Waals surface area contributed by atoms with Gasteiger partial charge in [0.25, 0.3) is 0 Å². The fourth-order valence-electron chi connectivity index (χ4n) is 0.544. The van der Waals surface area contributed by atoms with E-state index in [0.29, 0.717) is 5.32 Å². The first-order valence-electron chi connectivity index (χ1n) is 3.52. The average molecular weight is 253 g/mol. The zero-order chi connectivity index (χ0) is 13.4. The summed E-state index contributed by atoms with van der Waals surface area (Å²) in [7, 11) is 0. The number of halogens is 6. The Balaban J connectivity index is 5.15. The highest BCUT2D eigenvalue weighted by Crippen LogP contribution is 2.31. The summed E-state index contributed by atoms with van der Waals surface area (Å²) in [5.74, 6) is -5.62. The number of carbonyl (C=O) groups is 2. The molecule has 4 nitrogen and oxygen atoms in total.